The molecule has 1 aliphatic heterocycles. The Bertz CT molecular complexity index is 522. The summed E-state index contributed by atoms with van der Waals surface area (Å²) in [5.41, 5.74) is 1.04. The van der Waals surface area contributed by atoms with Crippen LogP contribution < -0.4 is 10.1 Å². The summed E-state index contributed by atoms with van der Waals surface area (Å²) in [4.78, 5) is 12.1. The van der Waals surface area contributed by atoms with E-state index in [1.165, 1.54) is 0 Å². The standard InChI is InChI=1S/C14H16ClNO2S/c15-9-1-2-12-10(7-9)14(3-5-18-12)8-11(14)13(17)16-4-6-19/h1-2,7,11,19H,3-6,8H2,(H,16,17)/t11-,14-/m0/s1. The van der Waals surface area contributed by atoms with Gasteiger partial charge < -0.3 is 10.1 Å². The van der Waals surface area contributed by atoms with Crippen LogP contribution in [0.4, 0.5) is 0 Å². The molecule has 0 radical (unpaired) electrons. The molecule has 2 aliphatic rings. The summed E-state index contributed by atoms with van der Waals surface area (Å²) in [6.45, 7) is 1.29. The van der Waals surface area contributed by atoms with Crippen molar-refractivity contribution in [3.8, 4) is 5.75 Å². The molecule has 1 spiro atoms. The van der Waals surface area contributed by atoms with Crippen molar-refractivity contribution in [2.45, 2.75) is 18.3 Å². The molecule has 3 rings (SSSR count). The Labute approximate surface area is 123 Å². The SMILES string of the molecule is O=C(NCCS)[C@@H]1C[C@]12CCOc1ccc(Cl)cc12. The average molecular weight is 298 g/mol. The molecule has 5 heteroatoms. The molecule has 3 nitrogen and oxygen atoms in total. The molecule has 1 heterocycles. The van der Waals surface area contributed by atoms with Gasteiger partial charge in [-0.15, -0.1) is 0 Å². The lowest BCUT2D eigenvalue weighted by molar-refractivity contribution is -0.122. The molecule has 0 aromatic heterocycles. The minimum atomic E-state index is -0.0564. The van der Waals surface area contributed by atoms with Gasteiger partial charge in [0.15, 0.2) is 0 Å². The van der Waals surface area contributed by atoms with E-state index in [9.17, 15) is 4.79 Å². The second-order valence-corrected chi connectivity index (χ2v) is 6.05. The minimum absolute atomic E-state index is 0.0495. The van der Waals surface area contributed by atoms with Crippen molar-refractivity contribution in [3.05, 3.63) is 28.8 Å². The van der Waals surface area contributed by atoms with E-state index in [2.05, 4.69) is 17.9 Å². The number of ether oxygens (including phenoxy) is 1. The monoisotopic (exact) mass is 297 g/mol. The topological polar surface area (TPSA) is 38.3 Å². The van der Waals surface area contributed by atoms with Gasteiger partial charge in [0.2, 0.25) is 5.91 Å². The second-order valence-electron chi connectivity index (χ2n) is 5.17. The number of benzene rings is 1. The zero-order valence-corrected chi connectivity index (χ0v) is 12.1. The smallest absolute Gasteiger partial charge is 0.224 e. The molecule has 19 heavy (non-hydrogen) atoms. The van der Waals surface area contributed by atoms with Crippen molar-refractivity contribution in [3.63, 3.8) is 0 Å². The maximum atomic E-state index is 12.1. The van der Waals surface area contributed by atoms with E-state index < -0.39 is 0 Å². The first-order chi connectivity index (χ1) is 9.17. The number of hydrogen-bond acceptors (Lipinski definition) is 3. The van der Waals surface area contributed by atoms with Crippen LogP contribution >= 0.6 is 24.2 Å². The van der Waals surface area contributed by atoms with E-state index in [-0.39, 0.29) is 17.2 Å². The van der Waals surface area contributed by atoms with Crippen LogP contribution in [0.2, 0.25) is 5.02 Å². The molecule has 0 bridgehead atoms. The van der Waals surface area contributed by atoms with E-state index in [1.807, 2.05) is 18.2 Å². The third-order valence-electron chi connectivity index (χ3n) is 4.09. The Morgan fingerprint density at radius 2 is 2.42 bits per heavy atom. The highest BCUT2D eigenvalue weighted by atomic mass is 35.5. The molecule has 102 valence electrons. The van der Waals surface area contributed by atoms with Crippen LogP contribution in [0.5, 0.6) is 5.75 Å². The highest BCUT2D eigenvalue weighted by molar-refractivity contribution is 7.80. The van der Waals surface area contributed by atoms with Gasteiger partial charge in [-0.2, -0.15) is 12.6 Å². The zero-order chi connectivity index (χ0) is 13.5. The molecule has 1 N–H and O–H groups in total. The van der Waals surface area contributed by atoms with E-state index >= 15 is 0 Å². The summed E-state index contributed by atoms with van der Waals surface area (Å²) in [6.07, 6.45) is 1.78. The maximum Gasteiger partial charge on any atom is 0.224 e. The van der Waals surface area contributed by atoms with Crippen LogP contribution in [0.25, 0.3) is 0 Å². The summed E-state index contributed by atoms with van der Waals surface area (Å²) in [7, 11) is 0. The van der Waals surface area contributed by atoms with Gasteiger partial charge in [0, 0.05) is 34.2 Å². The molecular weight excluding hydrogens is 282 g/mol. The largest absolute Gasteiger partial charge is 0.493 e. The van der Waals surface area contributed by atoms with Crippen LogP contribution in [0.15, 0.2) is 18.2 Å². The summed E-state index contributed by atoms with van der Waals surface area (Å²) in [6, 6.07) is 5.68. The number of rotatable bonds is 3. The first-order valence-electron chi connectivity index (χ1n) is 6.49. The summed E-state index contributed by atoms with van der Waals surface area (Å²) < 4.78 is 5.66. The van der Waals surface area contributed by atoms with Gasteiger partial charge in [0.05, 0.1) is 6.61 Å². The van der Waals surface area contributed by atoms with Crippen LogP contribution in [0, 0.1) is 5.92 Å². The molecule has 1 saturated carbocycles. The molecule has 1 fully saturated rings. The van der Waals surface area contributed by atoms with Crippen LogP contribution in [0.3, 0.4) is 0 Å². The fraction of sp³-hybridized carbons (Fsp3) is 0.500. The van der Waals surface area contributed by atoms with Gasteiger partial charge in [-0.1, -0.05) is 11.6 Å². The Morgan fingerprint density at radius 3 is 3.21 bits per heavy atom. The Hall–Kier alpha value is -0.870. The van der Waals surface area contributed by atoms with Crippen molar-refractivity contribution < 1.29 is 9.53 Å². The second kappa shape index (κ2) is 4.91. The fourth-order valence-electron chi connectivity index (χ4n) is 3.02. The average Bonchev–Trinajstić information content (AvgIpc) is 3.12. The molecule has 1 aromatic carbocycles. The molecule has 1 amide bonds. The van der Waals surface area contributed by atoms with Crippen molar-refractivity contribution in [2.75, 3.05) is 18.9 Å². The van der Waals surface area contributed by atoms with E-state index in [1.54, 1.807) is 0 Å². The third-order valence-corrected chi connectivity index (χ3v) is 4.55. The van der Waals surface area contributed by atoms with E-state index in [0.29, 0.717) is 23.9 Å². The van der Waals surface area contributed by atoms with Crippen molar-refractivity contribution in [1.29, 1.82) is 0 Å². The summed E-state index contributed by atoms with van der Waals surface area (Å²) >= 11 is 10.2. The molecule has 1 aromatic rings. The van der Waals surface area contributed by atoms with Gasteiger partial charge >= 0.3 is 0 Å². The molecule has 0 saturated heterocycles. The Balaban J connectivity index is 1.85. The zero-order valence-electron chi connectivity index (χ0n) is 10.5. The fourth-order valence-corrected chi connectivity index (χ4v) is 3.30. The third kappa shape index (κ3) is 2.21. The van der Waals surface area contributed by atoms with Crippen LogP contribution in [-0.2, 0) is 10.2 Å². The first kappa shape index (κ1) is 13.1. The quantitative estimate of drug-likeness (QED) is 0.841. The van der Waals surface area contributed by atoms with Gasteiger partial charge in [0.25, 0.3) is 0 Å². The number of thiol groups is 1. The van der Waals surface area contributed by atoms with Crippen LogP contribution in [0.1, 0.15) is 18.4 Å². The van der Waals surface area contributed by atoms with Crippen molar-refractivity contribution in [1.82, 2.24) is 5.32 Å². The molecule has 0 unspecified atom stereocenters. The number of amides is 1. The number of halogens is 1. The predicted octanol–water partition coefficient (Wildman–Crippen LogP) is 2.43. The number of nitrogens with one attached hydrogen (secondary N) is 1. The number of carbonyl (C=O) groups excluding carboxylic acids is 1. The van der Waals surface area contributed by atoms with Gasteiger partial charge in [-0.3, -0.25) is 4.79 Å². The van der Waals surface area contributed by atoms with Crippen molar-refractivity contribution in [2.24, 2.45) is 5.92 Å². The number of carbonyl (C=O) groups is 1. The maximum absolute atomic E-state index is 12.1. The minimum Gasteiger partial charge on any atom is -0.493 e. The normalized spacial score (nSPS) is 27.6. The summed E-state index contributed by atoms with van der Waals surface area (Å²) in [5.74, 6) is 1.72. The van der Waals surface area contributed by atoms with Gasteiger partial charge in [-0.25, -0.2) is 0 Å². The number of hydrogen-bond donors (Lipinski definition) is 2. The van der Waals surface area contributed by atoms with Crippen molar-refractivity contribution >= 4 is 30.1 Å². The summed E-state index contributed by atoms with van der Waals surface area (Å²) in [5, 5.41) is 3.62. The van der Waals surface area contributed by atoms with Gasteiger partial charge in [0.1, 0.15) is 5.75 Å². The Kier molecular flexibility index (Phi) is 3.39. The lowest BCUT2D eigenvalue weighted by Crippen LogP contribution is -2.32. The van der Waals surface area contributed by atoms with Gasteiger partial charge in [-0.05, 0) is 31.0 Å². The van der Waals surface area contributed by atoms with E-state index in [4.69, 9.17) is 16.3 Å². The molecular formula is C14H16ClNO2S. The number of fused-ring (bicyclic) bond motifs is 2. The lowest BCUT2D eigenvalue weighted by Gasteiger charge is -2.27. The predicted molar refractivity (Wildman–Crippen MR) is 78.2 cm³/mol. The highest BCUT2D eigenvalue weighted by Gasteiger charge is 2.60. The Morgan fingerprint density at radius 1 is 1.58 bits per heavy atom. The molecule has 1 aliphatic carbocycles. The molecule has 2 atom stereocenters. The highest BCUT2D eigenvalue weighted by Crippen LogP contribution is 2.61. The first-order valence-corrected chi connectivity index (χ1v) is 7.50. The van der Waals surface area contributed by atoms with E-state index in [0.717, 1.165) is 24.2 Å². The lowest BCUT2D eigenvalue weighted by atomic mass is 9.87. The van der Waals surface area contributed by atoms with Crippen LogP contribution in [-0.4, -0.2) is 24.8 Å².